The van der Waals surface area contributed by atoms with Gasteiger partial charge in [-0.2, -0.15) is 0 Å². The molecule has 0 bridgehead atoms. The van der Waals surface area contributed by atoms with Crippen LogP contribution in [0.3, 0.4) is 0 Å². The van der Waals surface area contributed by atoms with Crippen LogP contribution in [0, 0.1) is 0 Å². The first-order valence-electron chi connectivity index (χ1n) is 6.02. The van der Waals surface area contributed by atoms with Gasteiger partial charge in [-0.1, -0.05) is 29.3 Å². The molecule has 20 heavy (non-hydrogen) atoms. The van der Waals surface area contributed by atoms with Crippen molar-refractivity contribution in [3.8, 4) is 5.75 Å². The van der Waals surface area contributed by atoms with Gasteiger partial charge in [-0.15, -0.1) is 11.3 Å². The number of methoxy groups -OCH3 is 1. The second-order valence-electron chi connectivity index (χ2n) is 4.34. The monoisotopic (exact) mass is 331 g/mol. The van der Waals surface area contributed by atoms with Gasteiger partial charge in [-0.3, -0.25) is 0 Å². The highest BCUT2D eigenvalue weighted by atomic mass is 35.5. The molecule has 0 spiro atoms. The van der Waals surface area contributed by atoms with Crippen molar-refractivity contribution in [1.82, 2.24) is 0 Å². The van der Waals surface area contributed by atoms with Gasteiger partial charge in [0.2, 0.25) is 0 Å². The molecule has 0 radical (unpaired) electrons. The molecule has 1 heterocycles. The van der Waals surface area contributed by atoms with E-state index in [1.54, 1.807) is 25.3 Å². The third-order valence-corrected chi connectivity index (χ3v) is 4.66. The summed E-state index contributed by atoms with van der Waals surface area (Å²) >= 11 is 13.5. The van der Waals surface area contributed by atoms with E-state index in [0.717, 1.165) is 16.2 Å². The molecule has 2 unspecified atom stereocenters. The zero-order valence-corrected chi connectivity index (χ0v) is 13.2. The summed E-state index contributed by atoms with van der Waals surface area (Å²) in [6.07, 6.45) is -0.729. The van der Waals surface area contributed by atoms with E-state index in [9.17, 15) is 5.11 Å². The second kappa shape index (κ2) is 6.78. The van der Waals surface area contributed by atoms with Gasteiger partial charge in [0.05, 0.1) is 13.2 Å². The first kappa shape index (κ1) is 15.6. The Kier molecular flexibility index (Phi) is 5.29. The molecular weight excluding hydrogens is 317 g/mol. The van der Waals surface area contributed by atoms with Crippen molar-refractivity contribution in [2.75, 3.05) is 13.7 Å². The molecule has 1 aromatic heterocycles. The molecule has 2 aromatic rings. The molecule has 0 aliphatic carbocycles. The average Bonchev–Trinajstić information content (AvgIpc) is 2.90. The fourth-order valence-corrected chi connectivity index (χ4v) is 3.48. The van der Waals surface area contributed by atoms with Crippen molar-refractivity contribution < 1.29 is 9.84 Å². The molecule has 0 aliphatic rings. The van der Waals surface area contributed by atoms with E-state index in [2.05, 4.69) is 0 Å². The molecule has 6 heteroatoms. The van der Waals surface area contributed by atoms with Crippen molar-refractivity contribution in [2.45, 2.75) is 12.0 Å². The van der Waals surface area contributed by atoms with Crippen LogP contribution in [-0.4, -0.2) is 18.8 Å². The number of ether oxygens (including phenoxy) is 1. The minimum atomic E-state index is -0.729. The van der Waals surface area contributed by atoms with Crippen LogP contribution >= 0.6 is 34.5 Å². The van der Waals surface area contributed by atoms with Crippen LogP contribution in [0.1, 0.15) is 22.5 Å². The smallest absolute Gasteiger partial charge is 0.129 e. The summed E-state index contributed by atoms with van der Waals surface area (Å²) < 4.78 is 5.13. The summed E-state index contributed by atoms with van der Waals surface area (Å²) in [4.78, 5) is 0.795. The van der Waals surface area contributed by atoms with Crippen LogP contribution in [0.25, 0.3) is 0 Å². The Hall–Kier alpha value is -0.780. The third-order valence-electron chi connectivity index (χ3n) is 3.12. The van der Waals surface area contributed by atoms with Crippen molar-refractivity contribution >= 4 is 34.5 Å². The standard InChI is InChI=1S/C14H15Cl2NO2S/c1-19-9-5-13(20-7-9)14(18)11(6-17)10-3-2-8(15)4-12(10)16/h2-5,7,11,14,18H,6,17H2,1H3. The molecule has 0 saturated carbocycles. The molecule has 0 aliphatic heterocycles. The average molecular weight is 332 g/mol. The lowest BCUT2D eigenvalue weighted by molar-refractivity contribution is 0.151. The number of aliphatic hydroxyl groups is 1. The Morgan fingerprint density at radius 3 is 2.65 bits per heavy atom. The third kappa shape index (κ3) is 3.27. The second-order valence-corrected chi connectivity index (χ2v) is 6.13. The van der Waals surface area contributed by atoms with Crippen LogP contribution in [0.4, 0.5) is 0 Å². The highest BCUT2D eigenvalue weighted by Gasteiger charge is 2.25. The van der Waals surface area contributed by atoms with Crippen LogP contribution < -0.4 is 10.5 Å². The molecule has 108 valence electrons. The Morgan fingerprint density at radius 1 is 1.35 bits per heavy atom. The lowest BCUT2D eigenvalue weighted by Crippen LogP contribution is -2.20. The fraction of sp³-hybridized carbons (Fsp3) is 0.286. The summed E-state index contributed by atoms with van der Waals surface area (Å²) in [6, 6.07) is 7.01. The zero-order chi connectivity index (χ0) is 14.7. The Labute approximate surface area is 131 Å². The molecule has 2 rings (SSSR count). The van der Waals surface area contributed by atoms with E-state index in [0.29, 0.717) is 10.0 Å². The number of aliphatic hydroxyl groups excluding tert-OH is 1. The number of halogens is 2. The van der Waals surface area contributed by atoms with Gasteiger partial charge >= 0.3 is 0 Å². The molecule has 0 amide bonds. The normalized spacial score (nSPS) is 14.1. The van der Waals surface area contributed by atoms with Crippen LogP contribution in [0.5, 0.6) is 5.75 Å². The van der Waals surface area contributed by atoms with Crippen LogP contribution in [0.2, 0.25) is 10.0 Å². The van der Waals surface area contributed by atoms with E-state index in [4.69, 9.17) is 33.7 Å². The summed E-state index contributed by atoms with van der Waals surface area (Å²) in [7, 11) is 1.59. The van der Waals surface area contributed by atoms with E-state index in [1.165, 1.54) is 11.3 Å². The van der Waals surface area contributed by atoms with Gasteiger partial charge in [-0.05, 0) is 23.8 Å². The van der Waals surface area contributed by atoms with Gasteiger partial charge in [0, 0.05) is 32.8 Å². The first-order valence-corrected chi connectivity index (χ1v) is 7.66. The summed E-state index contributed by atoms with van der Waals surface area (Å²) in [6.45, 7) is 0.280. The van der Waals surface area contributed by atoms with Gasteiger partial charge in [0.15, 0.2) is 0 Å². The number of hydrogen-bond acceptors (Lipinski definition) is 4. The maximum atomic E-state index is 10.5. The Balaban J connectivity index is 2.31. The maximum Gasteiger partial charge on any atom is 0.129 e. The predicted molar refractivity (Wildman–Crippen MR) is 84.1 cm³/mol. The van der Waals surface area contributed by atoms with Crippen molar-refractivity contribution in [3.63, 3.8) is 0 Å². The topological polar surface area (TPSA) is 55.5 Å². The lowest BCUT2D eigenvalue weighted by Gasteiger charge is -2.22. The number of nitrogens with two attached hydrogens (primary N) is 1. The summed E-state index contributed by atoms with van der Waals surface area (Å²) in [5.41, 5.74) is 6.60. The number of hydrogen-bond donors (Lipinski definition) is 2. The van der Waals surface area contributed by atoms with E-state index in [1.807, 2.05) is 11.4 Å². The number of thiophene rings is 1. The van der Waals surface area contributed by atoms with Gasteiger partial charge < -0.3 is 15.6 Å². The number of rotatable bonds is 5. The summed E-state index contributed by atoms with van der Waals surface area (Å²) in [5, 5.41) is 13.4. The highest BCUT2D eigenvalue weighted by molar-refractivity contribution is 7.10. The molecule has 1 aromatic carbocycles. The van der Waals surface area contributed by atoms with Crippen molar-refractivity contribution in [3.05, 3.63) is 50.1 Å². The van der Waals surface area contributed by atoms with Gasteiger partial charge in [-0.25, -0.2) is 0 Å². The molecule has 0 saturated heterocycles. The first-order chi connectivity index (χ1) is 9.56. The van der Waals surface area contributed by atoms with Gasteiger partial charge in [0.1, 0.15) is 5.75 Å². The summed E-state index contributed by atoms with van der Waals surface area (Å²) in [5.74, 6) is 0.435. The SMILES string of the molecule is COc1csc(C(O)C(CN)c2ccc(Cl)cc2Cl)c1. The van der Waals surface area contributed by atoms with Gasteiger partial charge in [0.25, 0.3) is 0 Å². The molecule has 3 nitrogen and oxygen atoms in total. The van der Waals surface area contributed by atoms with Crippen molar-refractivity contribution in [1.29, 1.82) is 0 Å². The number of benzene rings is 1. The minimum absolute atomic E-state index is 0.280. The predicted octanol–water partition coefficient (Wildman–Crippen LogP) is 3.84. The highest BCUT2D eigenvalue weighted by Crippen LogP contribution is 2.38. The largest absolute Gasteiger partial charge is 0.496 e. The van der Waals surface area contributed by atoms with Crippen LogP contribution in [0.15, 0.2) is 29.6 Å². The van der Waals surface area contributed by atoms with E-state index >= 15 is 0 Å². The van der Waals surface area contributed by atoms with E-state index in [-0.39, 0.29) is 12.5 Å². The molecular formula is C14H15Cl2NO2S. The molecule has 0 fully saturated rings. The van der Waals surface area contributed by atoms with Crippen LogP contribution in [-0.2, 0) is 0 Å². The maximum absolute atomic E-state index is 10.5. The van der Waals surface area contributed by atoms with Crippen molar-refractivity contribution in [2.24, 2.45) is 5.73 Å². The molecule has 3 N–H and O–H groups in total. The Morgan fingerprint density at radius 2 is 2.10 bits per heavy atom. The van der Waals surface area contributed by atoms with E-state index < -0.39 is 6.10 Å². The Bertz CT molecular complexity index is 588. The molecule has 2 atom stereocenters. The quantitative estimate of drug-likeness (QED) is 0.875. The fourth-order valence-electron chi connectivity index (χ4n) is 2.02. The lowest BCUT2D eigenvalue weighted by atomic mass is 9.92. The minimum Gasteiger partial charge on any atom is -0.496 e. The zero-order valence-electron chi connectivity index (χ0n) is 10.8.